The number of phenolic OH excluding ortho intramolecular Hbond substituents is 2. The summed E-state index contributed by atoms with van der Waals surface area (Å²) >= 11 is 0. The molecule has 23 heavy (non-hydrogen) atoms. The molecule has 5 heteroatoms. The van der Waals surface area contributed by atoms with Crippen LogP contribution in [-0.2, 0) is 0 Å². The van der Waals surface area contributed by atoms with Gasteiger partial charge in [0, 0.05) is 6.07 Å². The van der Waals surface area contributed by atoms with Crippen molar-refractivity contribution in [2.75, 3.05) is 0 Å². The van der Waals surface area contributed by atoms with E-state index in [4.69, 9.17) is 9.15 Å². The molecule has 2 aromatic carbocycles. The Morgan fingerprint density at radius 3 is 2.65 bits per heavy atom. The molecule has 2 N–H and O–H groups in total. The van der Waals surface area contributed by atoms with Gasteiger partial charge in [-0.2, -0.15) is 0 Å². The lowest BCUT2D eigenvalue weighted by molar-refractivity contribution is 0.158. The van der Waals surface area contributed by atoms with Gasteiger partial charge in [-0.1, -0.05) is 6.07 Å². The van der Waals surface area contributed by atoms with Gasteiger partial charge in [0.1, 0.15) is 39.2 Å². The SMILES string of the molecule is CC1(C)C=Cc2c(cc(O)c3c(=O)c4c(O)cccc4oc23)O1. The summed E-state index contributed by atoms with van der Waals surface area (Å²) in [7, 11) is 0. The van der Waals surface area contributed by atoms with Gasteiger partial charge >= 0.3 is 0 Å². The quantitative estimate of drug-likeness (QED) is 0.621. The summed E-state index contributed by atoms with van der Waals surface area (Å²) in [5, 5.41) is 20.3. The number of aromatic hydroxyl groups is 2. The minimum Gasteiger partial charge on any atom is -0.507 e. The van der Waals surface area contributed by atoms with E-state index < -0.39 is 11.0 Å². The maximum Gasteiger partial charge on any atom is 0.208 e. The standard InChI is InChI=1S/C18H14O5/c1-18(2)7-6-9-13(23-18)8-11(20)15-16(21)14-10(19)4-3-5-12(14)22-17(9)15/h3-8,19-20H,1-2H3. The molecule has 0 aliphatic carbocycles. The molecule has 0 saturated heterocycles. The van der Waals surface area contributed by atoms with Crippen molar-refractivity contribution in [3.63, 3.8) is 0 Å². The molecule has 3 aromatic rings. The zero-order chi connectivity index (χ0) is 16.4. The summed E-state index contributed by atoms with van der Waals surface area (Å²) in [6.07, 6.45) is 3.68. The second kappa shape index (κ2) is 4.29. The van der Waals surface area contributed by atoms with E-state index in [1.165, 1.54) is 12.1 Å². The molecule has 0 radical (unpaired) electrons. The van der Waals surface area contributed by atoms with Gasteiger partial charge in [0.05, 0.1) is 5.56 Å². The monoisotopic (exact) mass is 310 g/mol. The van der Waals surface area contributed by atoms with Crippen LogP contribution in [0.4, 0.5) is 0 Å². The first-order valence-electron chi connectivity index (χ1n) is 7.20. The molecular formula is C18H14O5. The first kappa shape index (κ1) is 13.7. The average Bonchev–Trinajstić information content (AvgIpc) is 2.45. The van der Waals surface area contributed by atoms with Crippen molar-refractivity contribution >= 4 is 28.0 Å². The third kappa shape index (κ3) is 1.90. The van der Waals surface area contributed by atoms with Crippen molar-refractivity contribution in [1.29, 1.82) is 0 Å². The van der Waals surface area contributed by atoms with Crippen LogP contribution < -0.4 is 10.2 Å². The number of hydrogen-bond acceptors (Lipinski definition) is 5. The minimum absolute atomic E-state index is 0.0331. The topological polar surface area (TPSA) is 79.9 Å². The van der Waals surface area contributed by atoms with Gasteiger partial charge in [-0.3, -0.25) is 4.79 Å². The van der Waals surface area contributed by atoms with E-state index >= 15 is 0 Å². The largest absolute Gasteiger partial charge is 0.507 e. The molecule has 0 amide bonds. The molecule has 0 atom stereocenters. The van der Waals surface area contributed by atoms with Gasteiger partial charge in [-0.05, 0) is 38.1 Å². The van der Waals surface area contributed by atoms with Crippen LogP contribution in [-0.4, -0.2) is 15.8 Å². The Hall–Kier alpha value is -2.95. The Morgan fingerprint density at radius 2 is 1.87 bits per heavy atom. The third-order valence-electron chi connectivity index (χ3n) is 3.96. The summed E-state index contributed by atoms with van der Waals surface area (Å²) in [6.45, 7) is 3.78. The van der Waals surface area contributed by atoms with Crippen LogP contribution in [0.15, 0.2) is 39.6 Å². The van der Waals surface area contributed by atoms with Crippen molar-refractivity contribution in [2.24, 2.45) is 0 Å². The molecule has 0 spiro atoms. The van der Waals surface area contributed by atoms with E-state index in [0.29, 0.717) is 11.3 Å². The summed E-state index contributed by atoms with van der Waals surface area (Å²) in [5.74, 6) is 0.0390. The number of benzene rings is 2. The second-order valence-corrected chi connectivity index (χ2v) is 6.13. The molecule has 0 saturated carbocycles. The van der Waals surface area contributed by atoms with E-state index in [9.17, 15) is 15.0 Å². The summed E-state index contributed by atoms with van der Waals surface area (Å²) in [4.78, 5) is 12.7. The lowest BCUT2D eigenvalue weighted by Gasteiger charge is -2.28. The van der Waals surface area contributed by atoms with Crippen LogP contribution in [0.2, 0.25) is 0 Å². The van der Waals surface area contributed by atoms with Gasteiger partial charge in [0.2, 0.25) is 5.43 Å². The Bertz CT molecular complexity index is 1060. The Labute approximate surface area is 131 Å². The highest BCUT2D eigenvalue weighted by Gasteiger charge is 2.26. The smallest absolute Gasteiger partial charge is 0.208 e. The fourth-order valence-corrected chi connectivity index (χ4v) is 2.87. The summed E-state index contributed by atoms with van der Waals surface area (Å²) in [5.41, 5.74) is 0.114. The van der Waals surface area contributed by atoms with Crippen molar-refractivity contribution < 1.29 is 19.4 Å². The van der Waals surface area contributed by atoms with E-state index in [1.54, 1.807) is 12.1 Å². The number of ether oxygens (including phenoxy) is 1. The Morgan fingerprint density at radius 1 is 1.09 bits per heavy atom. The van der Waals surface area contributed by atoms with Crippen LogP contribution in [0.3, 0.4) is 0 Å². The van der Waals surface area contributed by atoms with Crippen molar-refractivity contribution in [3.05, 3.63) is 46.1 Å². The van der Waals surface area contributed by atoms with Crippen LogP contribution in [0, 0.1) is 0 Å². The van der Waals surface area contributed by atoms with Gasteiger partial charge in [0.15, 0.2) is 5.58 Å². The van der Waals surface area contributed by atoms with Crippen LogP contribution in [0.1, 0.15) is 19.4 Å². The lowest BCUT2D eigenvalue weighted by Crippen LogP contribution is -2.27. The highest BCUT2D eigenvalue weighted by Crippen LogP contribution is 2.40. The highest BCUT2D eigenvalue weighted by atomic mass is 16.5. The average molecular weight is 310 g/mol. The van der Waals surface area contributed by atoms with Gasteiger partial charge < -0.3 is 19.4 Å². The first-order valence-corrected chi connectivity index (χ1v) is 7.20. The maximum atomic E-state index is 12.7. The van der Waals surface area contributed by atoms with E-state index in [0.717, 1.165) is 0 Å². The Balaban J connectivity index is 2.21. The predicted octanol–water partition coefficient (Wildman–Crippen LogP) is 3.54. The van der Waals surface area contributed by atoms with E-state index in [-0.39, 0.29) is 33.4 Å². The maximum absolute atomic E-state index is 12.7. The minimum atomic E-state index is -0.511. The predicted molar refractivity (Wildman–Crippen MR) is 87.1 cm³/mol. The lowest BCUT2D eigenvalue weighted by atomic mass is 9.99. The van der Waals surface area contributed by atoms with Gasteiger partial charge in [-0.15, -0.1) is 0 Å². The van der Waals surface area contributed by atoms with E-state index in [2.05, 4.69) is 0 Å². The molecule has 2 heterocycles. The second-order valence-electron chi connectivity index (χ2n) is 6.13. The normalized spacial score (nSPS) is 15.6. The van der Waals surface area contributed by atoms with Crippen molar-refractivity contribution in [1.82, 2.24) is 0 Å². The van der Waals surface area contributed by atoms with Crippen LogP contribution >= 0.6 is 0 Å². The molecule has 116 valence electrons. The fourth-order valence-electron chi connectivity index (χ4n) is 2.87. The molecule has 1 aromatic heterocycles. The van der Waals surface area contributed by atoms with Crippen LogP contribution in [0.5, 0.6) is 17.2 Å². The fraction of sp³-hybridized carbons (Fsp3) is 0.167. The number of hydrogen-bond donors (Lipinski definition) is 2. The van der Waals surface area contributed by atoms with Crippen LogP contribution in [0.25, 0.3) is 28.0 Å². The molecule has 5 nitrogen and oxygen atoms in total. The molecule has 0 bridgehead atoms. The molecule has 1 aliphatic rings. The third-order valence-corrected chi connectivity index (χ3v) is 3.96. The molecule has 1 aliphatic heterocycles. The Kier molecular flexibility index (Phi) is 2.55. The van der Waals surface area contributed by atoms with Gasteiger partial charge in [-0.25, -0.2) is 0 Å². The highest BCUT2D eigenvalue weighted by molar-refractivity contribution is 6.00. The molecule has 4 rings (SSSR count). The summed E-state index contributed by atoms with van der Waals surface area (Å²) < 4.78 is 11.6. The molecule has 0 unspecified atom stereocenters. The number of rotatable bonds is 0. The molecule has 0 fully saturated rings. The molecular weight excluding hydrogens is 296 g/mol. The number of phenols is 2. The van der Waals surface area contributed by atoms with E-state index in [1.807, 2.05) is 26.0 Å². The number of fused-ring (bicyclic) bond motifs is 4. The van der Waals surface area contributed by atoms with Gasteiger partial charge in [0.25, 0.3) is 0 Å². The zero-order valence-electron chi connectivity index (χ0n) is 12.6. The first-order chi connectivity index (χ1) is 10.9. The zero-order valence-corrected chi connectivity index (χ0v) is 12.6. The van der Waals surface area contributed by atoms with Crippen molar-refractivity contribution in [2.45, 2.75) is 19.4 Å². The summed E-state index contributed by atoms with van der Waals surface area (Å²) in [6, 6.07) is 6.01. The van der Waals surface area contributed by atoms with Crippen molar-refractivity contribution in [3.8, 4) is 17.2 Å².